The van der Waals surface area contributed by atoms with Gasteiger partial charge in [-0.1, -0.05) is 42.5 Å². The molecule has 27 heavy (non-hydrogen) atoms. The van der Waals surface area contributed by atoms with Crippen molar-refractivity contribution < 1.29 is 12.8 Å². The van der Waals surface area contributed by atoms with Crippen molar-refractivity contribution >= 4 is 27.2 Å². The van der Waals surface area contributed by atoms with Gasteiger partial charge < -0.3 is 4.42 Å². The molecule has 0 N–H and O–H groups in total. The van der Waals surface area contributed by atoms with Crippen molar-refractivity contribution in [3.63, 3.8) is 0 Å². The highest BCUT2D eigenvalue weighted by molar-refractivity contribution is 7.92. The topological polar surface area (TPSA) is 66.7 Å². The van der Waals surface area contributed by atoms with E-state index in [-0.39, 0.29) is 0 Å². The van der Waals surface area contributed by atoms with Gasteiger partial charge in [0.2, 0.25) is 15.9 Å². The van der Waals surface area contributed by atoms with Crippen LogP contribution in [0.5, 0.6) is 0 Å². The van der Waals surface area contributed by atoms with Crippen LogP contribution in [0.2, 0.25) is 0 Å². The number of benzene rings is 2. The number of rotatable bonds is 5. The van der Waals surface area contributed by atoms with E-state index in [0.29, 0.717) is 38.6 Å². The van der Waals surface area contributed by atoms with Gasteiger partial charge in [-0.2, -0.15) is 4.31 Å². The summed E-state index contributed by atoms with van der Waals surface area (Å²) in [6.07, 6.45) is 1.64. The predicted molar refractivity (Wildman–Crippen MR) is 105 cm³/mol. The fourth-order valence-electron chi connectivity index (χ4n) is 3.14. The number of hydrogen-bond donors (Lipinski definition) is 0. The molecule has 2 aromatic carbocycles. The normalized spacial score (nSPS) is 17.0. The second-order valence-electron chi connectivity index (χ2n) is 6.51. The summed E-state index contributed by atoms with van der Waals surface area (Å²) >= 11 is 0. The highest BCUT2D eigenvalue weighted by Crippen LogP contribution is 2.17. The average Bonchev–Trinajstić information content (AvgIpc) is 3.10. The Hall–Kier alpha value is -2.48. The van der Waals surface area contributed by atoms with Crippen LogP contribution < -0.4 is 0 Å². The van der Waals surface area contributed by atoms with Gasteiger partial charge in [0.25, 0.3) is 0 Å². The quantitative estimate of drug-likeness (QED) is 0.678. The smallest absolute Gasteiger partial charge is 0.236 e. The standard InChI is InChI=1S/C20H21N3O3S/c24-27(25,15-10-17-6-2-1-3-7-17)23-13-11-22(12-14-23)16-20-21-18-8-4-5-9-19(18)26-20/h1-10,15H,11-14,16H2/b15-10+. The lowest BCUT2D eigenvalue weighted by molar-refractivity contribution is 0.170. The van der Waals surface area contributed by atoms with Gasteiger partial charge in [-0.15, -0.1) is 0 Å². The zero-order chi connectivity index (χ0) is 18.7. The average molecular weight is 383 g/mol. The van der Waals surface area contributed by atoms with Crippen molar-refractivity contribution in [2.24, 2.45) is 0 Å². The fraction of sp³-hybridized carbons (Fsp3) is 0.250. The summed E-state index contributed by atoms with van der Waals surface area (Å²) < 4.78 is 32.3. The van der Waals surface area contributed by atoms with Gasteiger partial charge >= 0.3 is 0 Å². The Labute approximate surface area is 158 Å². The van der Waals surface area contributed by atoms with E-state index in [4.69, 9.17) is 4.42 Å². The molecule has 4 rings (SSSR count). The number of piperazine rings is 1. The molecular formula is C20H21N3O3S. The third-order valence-corrected chi connectivity index (χ3v) is 6.19. The van der Waals surface area contributed by atoms with Gasteiger partial charge in [0, 0.05) is 31.6 Å². The van der Waals surface area contributed by atoms with Gasteiger partial charge in [0.15, 0.2) is 5.58 Å². The monoisotopic (exact) mass is 383 g/mol. The fourth-order valence-corrected chi connectivity index (χ4v) is 4.31. The first-order valence-electron chi connectivity index (χ1n) is 8.90. The minimum absolute atomic E-state index is 0.460. The van der Waals surface area contributed by atoms with Crippen LogP contribution in [0.25, 0.3) is 17.2 Å². The highest BCUT2D eigenvalue weighted by atomic mass is 32.2. The molecule has 0 unspecified atom stereocenters. The lowest BCUT2D eigenvalue weighted by Gasteiger charge is -2.32. The van der Waals surface area contributed by atoms with Crippen LogP contribution in [0.4, 0.5) is 0 Å². The molecule has 0 aliphatic carbocycles. The summed E-state index contributed by atoms with van der Waals surface area (Å²) in [5.41, 5.74) is 2.50. The molecule has 1 aliphatic heterocycles. The number of nitrogens with zero attached hydrogens (tertiary/aromatic N) is 3. The molecule has 1 aromatic heterocycles. The molecule has 1 fully saturated rings. The zero-order valence-corrected chi connectivity index (χ0v) is 15.7. The number of fused-ring (bicyclic) bond motifs is 1. The first-order valence-corrected chi connectivity index (χ1v) is 10.4. The van der Waals surface area contributed by atoms with E-state index in [1.807, 2.05) is 54.6 Å². The number of hydrogen-bond acceptors (Lipinski definition) is 5. The Bertz CT molecular complexity index is 1000. The van der Waals surface area contributed by atoms with E-state index in [9.17, 15) is 8.42 Å². The summed E-state index contributed by atoms with van der Waals surface area (Å²) in [7, 11) is -3.41. The maximum Gasteiger partial charge on any atom is 0.236 e. The number of sulfonamides is 1. The van der Waals surface area contributed by atoms with Crippen molar-refractivity contribution in [2.75, 3.05) is 26.2 Å². The Kier molecular flexibility index (Phi) is 5.07. The summed E-state index contributed by atoms with van der Waals surface area (Å²) in [4.78, 5) is 6.65. The second-order valence-corrected chi connectivity index (χ2v) is 8.33. The summed E-state index contributed by atoms with van der Waals surface area (Å²) in [6.45, 7) is 2.81. The minimum Gasteiger partial charge on any atom is -0.439 e. The first-order chi connectivity index (χ1) is 13.1. The lowest BCUT2D eigenvalue weighted by Crippen LogP contribution is -2.47. The molecule has 6 nitrogen and oxygen atoms in total. The Morgan fingerprint density at radius 2 is 1.67 bits per heavy atom. The molecule has 2 heterocycles. The van der Waals surface area contributed by atoms with Crippen LogP contribution in [-0.4, -0.2) is 48.8 Å². The van der Waals surface area contributed by atoms with Gasteiger partial charge in [-0.3, -0.25) is 4.90 Å². The molecule has 140 valence electrons. The van der Waals surface area contributed by atoms with Gasteiger partial charge in [-0.05, 0) is 23.8 Å². The van der Waals surface area contributed by atoms with E-state index < -0.39 is 10.0 Å². The molecule has 3 aromatic rings. The second kappa shape index (κ2) is 7.64. The van der Waals surface area contributed by atoms with E-state index in [1.165, 1.54) is 9.71 Å². The molecule has 0 amide bonds. The Morgan fingerprint density at radius 3 is 2.41 bits per heavy atom. The third-order valence-electron chi connectivity index (χ3n) is 4.62. The van der Waals surface area contributed by atoms with Gasteiger partial charge in [-0.25, -0.2) is 13.4 Å². The predicted octanol–water partition coefficient (Wildman–Crippen LogP) is 2.95. The number of aromatic nitrogens is 1. The molecule has 0 saturated carbocycles. The Morgan fingerprint density at radius 1 is 0.963 bits per heavy atom. The lowest BCUT2D eigenvalue weighted by atomic mass is 10.2. The number of oxazole rings is 1. The van der Waals surface area contributed by atoms with E-state index in [0.717, 1.165) is 16.7 Å². The minimum atomic E-state index is -3.41. The molecule has 1 aliphatic rings. The van der Waals surface area contributed by atoms with E-state index in [1.54, 1.807) is 6.08 Å². The Balaban J connectivity index is 1.36. The van der Waals surface area contributed by atoms with Crippen LogP contribution >= 0.6 is 0 Å². The molecule has 0 atom stereocenters. The molecule has 0 radical (unpaired) electrons. The molecule has 0 spiro atoms. The third kappa shape index (κ3) is 4.27. The van der Waals surface area contributed by atoms with Gasteiger partial charge in [0.05, 0.1) is 6.54 Å². The van der Waals surface area contributed by atoms with Crippen molar-refractivity contribution in [2.45, 2.75) is 6.54 Å². The maximum absolute atomic E-state index is 12.5. The number of para-hydroxylation sites is 2. The van der Waals surface area contributed by atoms with Crippen molar-refractivity contribution in [3.05, 3.63) is 71.5 Å². The van der Waals surface area contributed by atoms with Crippen LogP contribution in [0, 0.1) is 0 Å². The van der Waals surface area contributed by atoms with Crippen LogP contribution in [0.3, 0.4) is 0 Å². The van der Waals surface area contributed by atoms with Crippen LogP contribution in [-0.2, 0) is 16.6 Å². The molecule has 0 bridgehead atoms. The first kappa shape index (κ1) is 17.9. The van der Waals surface area contributed by atoms with Crippen LogP contribution in [0.1, 0.15) is 11.5 Å². The zero-order valence-electron chi connectivity index (χ0n) is 14.9. The summed E-state index contributed by atoms with van der Waals surface area (Å²) in [5.74, 6) is 0.663. The van der Waals surface area contributed by atoms with Gasteiger partial charge in [0.1, 0.15) is 5.52 Å². The highest BCUT2D eigenvalue weighted by Gasteiger charge is 2.25. The largest absolute Gasteiger partial charge is 0.439 e. The van der Waals surface area contributed by atoms with Crippen LogP contribution in [0.15, 0.2) is 64.4 Å². The summed E-state index contributed by atoms with van der Waals surface area (Å²) in [6, 6.07) is 17.1. The summed E-state index contributed by atoms with van der Waals surface area (Å²) in [5, 5.41) is 1.29. The van der Waals surface area contributed by atoms with E-state index >= 15 is 0 Å². The van der Waals surface area contributed by atoms with E-state index in [2.05, 4.69) is 9.88 Å². The molecular weight excluding hydrogens is 362 g/mol. The maximum atomic E-state index is 12.5. The SMILES string of the molecule is O=S(=O)(/C=C/c1ccccc1)N1CCN(Cc2nc3ccccc3o2)CC1. The van der Waals surface area contributed by atoms with Crippen molar-refractivity contribution in [1.29, 1.82) is 0 Å². The van der Waals surface area contributed by atoms with Crippen molar-refractivity contribution in [3.8, 4) is 0 Å². The molecule has 1 saturated heterocycles. The molecule has 7 heteroatoms. The van der Waals surface area contributed by atoms with Crippen molar-refractivity contribution in [1.82, 2.24) is 14.2 Å².